The van der Waals surface area contributed by atoms with Gasteiger partial charge in [-0.25, -0.2) is 9.97 Å². The Bertz CT molecular complexity index is 1110. The third-order valence-corrected chi connectivity index (χ3v) is 6.99. The highest BCUT2D eigenvalue weighted by molar-refractivity contribution is 6.36. The van der Waals surface area contributed by atoms with Gasteiger partial charge in [0.25, 0.3) is 0 Å². The van der Waals surface area contributed by atoms with Crippen LogP contribution in [0.2, 0.25) is 10.0 Å². The zero-order chi connectivity index (χ0) is 20.4. The normalized spacial score (nSPS) is 24.7. The van der Waals surface area contributed by atoms with Gasteiger partial charge < -0.3 is 17.3 Å². The summed E-state index contributed by atoms with van der Waals surface area (Å²) in [6, 6.07) is 14.3. The van der Waals surface area contributed by atoms with Gasteiger partial charge in [-0.3, -0.25) is 0 Å². The van der Waals surface area contributed by atoms with Crippen LogP contribution in [0.1, 0.15) is 40.0 Å². The highest BCUT2D eigenvalue weighted by Gasteiger charge is 2.50. The fourth-order valence-electron chi connectivity index (χ4n) is 5.78. The molecule has 2 atom stereocenters. The van der Waals surface area contributed by atoms with Gasteiger partial charge in [-0.2, -0.15) is 0 Å². The Hall–Kier alpha value is -1.55. The number of halogens is 3. The highest BCUT2D eigenvalue weighted by Crippen LogP contribution is 2.53. The predicted octanol–water partition coefficient (Wildman–Crippen LogP) is 4.01. The van der Waals surface area contributed by atoms with E-state index in [-0.39, 0.29) is 12.4 Å². The van der Waals surface area contributed by atoms with Crippen LogP contribution in [-0.2, 0) is 0 Å². The lowest BCUT2D eigenvalue weighted by molar-refractivity contribution is -0.00000830. The summed E-state index contributed by atoms with van der Waals surface area (Å²) >= 11 is 12.6. The summed E-state index contributed by atoms with van der Waals surface area (Å²) in [6.45, 7) is 8.27. The van der Waals surface area contributed by atoms with Gasteiger partial charge in [-0.05, 0) is 60.4 Å². The van der Waals surface area contributed by atoms with Gasteiger partial charge in [0.2, 0.25) is 0 Å². The number of hydrogen-bond acceptors (Lipinski definition) is 3. The fourth-order valence-corrected chi connectivity index (χ4v) is 6.27. The van der Waals surface area contributed by atoms with Crippen LogP contribution in [-0.4, -0.2) is 22.6 Å². The van der Waals surface area contributed by atoms with Crippen molar-refractivity contribution in [1.29, 1.82) is 0 Å². The quantitative estimate of drug-likeness (QED) is 0.577. The topological polar surface area (TPSA) is 29.0 Å². The van der Waals surface area contributed by atoms with Crippen LogP contribution in [0.5, 0.6) is 0 Å². The number of hydrogen-bond donors (Lipinski definition) is 0. The van der Waals surface area contributed by atoms with Gasteiger partial charge >= 0.3 is 0 Å². The van der Waals surface area contributed by atoms with Crippen LogP contribution in [0.25, 0.3) is 22.3 Å². The molecule has 1 saturated carbocycles. The molecule has 0 N–H and O–H groups in total. The minimum absolute atomic E-state index is 0. The van der Waals surface area contributed by atoms with E-state index in [9.17, 15) is 0 Å². The first-order valence-electron chi connectivity index (χ1n) is 10.2. The van der Waals surface area contributed by atoms with E-state index in [1.54, 1.807) is 6.07 Å². The van der Waals surface area contributed by atoms with Crippen molar-refractivity contribution in [2.45, 2.75) is 46.1 Å². The summed E-state index contributed by atoms with van der Waals surface area (Å²) in [7, 11) is 0. The summed E-state index contributed by atoms with van der Waals surface area (Å²) in [5, 5.41) is 2.30. The molecule has 3 aromatic rings. The molecule has 3 nitrogen and oxygen atoms in total. The Morgan fingerprint density at radius 1 is 1.00 bits per heavy atom. The first-order chi connectivity index (χ1) is 13.7. The van der Waals surface area contributed by atoms with Crippen molar-refractivity contribution in [2.75, 3.05) is 11.4 Å². The van der Waals surface area contributed by atoms with Crippen LogP contribution in [0, 0.1) is 10.8 Å². The van der Waals surface area contributed by atoms with Gasteiger partial charge in [0.1, 0.15) is 5.82 Å². The lowest BCUT2D eigenvalue weighted by Gasteiger charge is -2.39. The van der Waals surface area contributed by atoms with Crippen LogP contribution < -0.4 is 17.3 Å². The fraction of sp³-hybridized carbons (Fsp3) is 0.417. The summed E-state index contributed by atoms with van der Waals surface area (Å²) < 4.78 is 0. The Balaban J connectivity index is 0.00000218. The number of aromatic nitrogens is 2. The molecule has 1 aromatic heterocycles. The second kappa shape index (κ2) is 7.55. The van der Waals surface area contributed by atoms with E-state index in [1.165, 1.54) is 19.3 Å². The Labute approximate surface area is 194 Å². The first kappa shape index (κ1) is 21.7. The third-order valence-electron chi connectivity index (χ3n) is 6.44. The summed E-state index contributed by atoms with van der Waals surface area (Å²) in [4.78, 5) is 12.4. The molecule has 0 spiro atoms. The molecule has 2 aromatic carbocycles. The average Bonchev–Trinajstić information content (AvgIpc) is 2.89. The maximum Gasteiger partial charge on any atom is 0.163 e. The van der Waals surface area contributed by atoms with Crippen molar-refractivity contribution in [3.05, 3.63) is 52.5 Å². The van der Waals surface area contributed by atoms with E-state index in [1.807, 2.05) is 18.2 Å². The number of nitrogens with zero attached hydrogens (tertiary/aromatic N) is 3. The number of rotatable bonds is 2. The number of para-hydroxylation sites is 1. The Kier molecular flexibility index (Phi) is 5.45. The second-order valence-corrected chi connectivity index (χ2v) is 10.7. The van der Waals surface area contributed by atoms with Gasteiger partial charge in [-0.15, -0.1) is 0 Å². The molecule has 0 radical (unpaired) electrons. The number of benzene rings is 2. The molecular weight excluding hydrogens is 437 g/mol. The average molecular weight is 462 g/mol. The van der Waals surface area contributed by atoms with Crippen LogP contribution in [0.3, 0.4) is 0 Å². The Morgan fingerprint density at radius 3 is 2.53 bits per heavy atom. The minimum Gasteiger partial charge on any atom is -1.00 e. The summed E-state index contributed by atoms with van der Waals surface area (Å²) in [6.07, 6.45) is 3.68. The molecule has 158 valence electrons. The molecule has 2 aliphatic rings. The molecule has 2 bridgehead atoms. The second-order valence-electron chi connectivity index (χ2n) is 9.85. The van der Waals surface area contributed by atoms with Crippen molar-refractivity contribution in [2.24, 2.45) is 10.8 Å². The van der Waals surface area contributed by atoms with Gasteiger partial charge in [-0.1, -0.05) is 56.1 Å². The number of fused-ring (bicyclic) bond motifs is 3. The van der Waals surface area contributed by atoms with E-state index in [2.05, 4.69) is 43.9 Å². The summed E-state index contributed by atoms with van der Waals surface area (Å²) in [5.74, 6) is 1.69. The smallest absolute Gasteiger partial charge is 0.163 e. The highest BCUT2D eigenvalue weighted by atomic mass is 35.5. The molecule has 0 amide bonds. The van der Waals surface area contributed by atoms with Crippen LogP contribution in [0.15, 0.2) is 42.5 Å². The molecule has 30 heavy (non-hydrogen) atoms. The largest absolute Gasteiger partial charge is 1.00 e. The Morgan fingerprint density at radius 2 is 1.77 bits per heavy atom. The number of anilines is 1. The third kappa shape index (κ3) is 3.77. The lowest BCUT2D eigenvalue weighted by Crippen LogP contribution is -3.00. The molecule has 2 fully saturated rings. The zero-order valence-electron chi connectivity index (χ0n) is 17.4. The summed E-state index contributed by atoms with van der Waals surface area (Å²) in [5.41, 5.74) is 2.45. The zero-order valence-corrected chi connectivity index (χ0v) is 19.7. The SMILES string of the molecule is CC1(C)CC2CC(C)(CN2c2nc(-c3ccc(Cl)cc3Cl)nc3ccccc23)C1.[Cl-]. The van der Waals surface area contributed by atoms with Crippen molar-refractivity contribution in [3.8, 4) is 11.4 Å². The van der Waals surface area contributed by atoms with Crippen LogP contribution >= 0.6 is 23.2 Å². The van der Waals surface area contributed by atoms with Gasteiger partial charge in [0.15, 0.2) is 5.82 Å². The molecule has 1 aliphatic carbocycles. The van der Waals surface area contributed by atoms with Crippen molar-refractivity contribution < 1.29 is 12.4 Å². The van der Waals surface area contributed by atoms with Crippen molar-refractivity contribution in [1.82, 2.24) is 9.97 Å². The maximum absolute atomic E-state index is 6.50. The molecular formula is C24H25Cl3N3-. The molecule has 5 rings (SSSR count). The molecule has 6 heteroatoms. The molecule has 2 unspecified atom stereocenters. The van der Waals surface area contributed by atoms with Gasteiger partial charge in [0, 0.05) is 28.6 Å². The van der Waals surface area contributed by atoms with Crippen molar-refractivity contribution in [3.63, 3.8) is 0 Å². The lowest BCUT2D eigenvalue weighted by atomic mass is 9.65. The molecule has 2 heterocycles. The maximum atomic E-state index is 6.50. The molecule has 1 aliphatic heterocycles. The standard InChI is InChI=1S/C24H25Cl2N3.ClH/c1-23(2)11-16-12-24(3,13-23)14-29(16)22-18-6-4-5-7-20(18)27-21(28-22)17-9-8-15(25)10-19(17)26;/h4-10,16H,11-14H2,1-3H3;1H/p-1. The minimum atomic E-state index is 0. The predicted molar refractivity (Wildman–Crippen MR) is 122 cm³/mol. The van der Waals surface area contributed by atoms with E-state index < -0.39 is 0 Å². The van der Waals surface area contributed by atoms with E-state index >= 15 is 0 Å². The monoisotopic (exact) mass is 460 g/mol. The molecule has 1 saturated heterocycles. The van der Waals surface area contributed by atoms with E-state index in [0.29, 0.717) is 32.7 Å². The van der Waals surface area contributed by atoms with Crippen molar-refractivity contribution >= 4 is 39.9 Å². The van der Waals surface area contributed by atoms with Crippen LogP contribution in [0.4, 0.5) is 5.82 Å². The van der Waals surface area contributed by atoms with E-state index in [0.717, 1.165) is 28.8 Å². The van der Waals surface area contributed by atoms with Gasteiger partial charge in [0.05, 0.1) is 10.5 Å². The van der Waals surface area contributed by atoms with E-state index in [4.69, 9.17) is 33.2 Å². The first-order valence-corrected chi connectivity index (χ1v) is 11.0.